The van der Waals surface area contributed by atoms with E-state index >= 15 is 0 Å². The normalized spacial score (nSPS) is 12.4. The number of aliphatic carboxylic acids is 1. The number of rotatable bonds is 10. The minimum absolute atomic E-state index is 0.0531. The third-order valence-corrected chi connectivity index (χ3v) is 4.17. The topological polar surface area (TPSA) is 156 Å². The van der Waals surface area contributed by atoms with E-state index in [-0.39, 0.29) is 18.6 Å². The molecule has 9 heteroatoms. The highest BCUT2D eigenvalue weighted by molar-refractivity contribution is 5.90. The van der Waals surface area contributed by atoms with Crippen LogP contribution in [0.25, 0.3) is 0 Å². The van der Waals surface area contributed by atoms with Gasteiger partial charge in [0.1, 0.15) is 12.6 Å². The molecule has 0 bridgehead atoms. The predicted octanol–water partition coefficient (Wildman–Crippen LogP) is 0.958. The lowest BCUT2D eigenvalue weighted by Crippen LogP contribution is -2.50. The van der Waals surface area contributed by atoms with Crippen LogP contribution in [0, 0.1) is 0 Å². The number of amides is 1. The first-order chi connectivity index (χ1) is 14.3. The van der Waals surface area contributed by atoms with Crippen molar-refractivity contribution in [2.45, 2.75) is 31.5 Å². The summed E-state index contributed by atoms with van der Waals surface area (Å²) in [6.07, 6.45) is -0.471. The van der Waals surface area contributed by atoms with Crippen molar-refractivity contribution in [2.75, 3.05) is 0 Å². The van der Waals surface area contributed by atoms with E-state index in [1.165, 1.54) is 18.2 Å². The Morgan fingerprint density at radius 1 is 0.967 bits per heavy atom. The van der Waals surface area contributed by atoms with Gasteiger partial charge in [0.2, 0.25) is 5.91 Å². The van der Waals surface area contributed by atoms with E-state index in [0.717, 1.165) is 5.56 Å². The zero-order valence-corrected chi connectivity index (χ0v) is 16.0. The molecule has 9 nitrogen and oxygen atoms in total. The minimum atomic E-state index is -1.32. The maximum atomic E-state index is 12.6. The molecule has 0 spiro atoms. The van der Waals surface area contributed by atoms with E-state index in [1.54, 1.807) is 36.4 Å². The molecule has 2 rings (SSSR count). The first-order valence-corrected chi connectivity index (χ1v) is 9.07. The molecule has 0 heterocycles. The minimum Gasteiger partial charge on any atom is -0.481 e. The van der Waals surface area contributed by atoms with Crippen LogP contribution in [-0.4, -0.2) is 46.1 Å². The molecule has 0 radical (unpaired) electrons. The van der Waals surface area contributed by atoms with Crippen LogP contribution >= 0.6 is 0 Å². The maximum absolute atomic E-state index is 12.6. The Morgan fingerprint density at radius 3 is 2.27 bits per heavy atom. The number of esters is 1. The van der Waals surface area contributed by atoms with Gasteiger partial charge < -0.3 is 26.0 Å². The largest absolute Gasteiger partial charge is 0.481 e. The van der Waals surface area contributed by atoms with E-state index in [4.69, 9.17) is 20.7 Å². The highest BCUT2D eigenvalue weighted by atomic mass is 16.5. The number of benzene rings is 2. The van der Waals surface area contributed by atoms with Crippen LogP contribution in [0.15, 0.2) is 54.6 Å². The highest BCUT2D eigenvalue weighted by Gasteiger charge is 2.26. The fourth-order valence-corrected chi connectivity index (χ4v) is 2.65. The molecule has 0 fully saturated rings. The third-order valence-electron chi connectivity index (χ3n) is 4.17. The summed E-state index contributed by atoms with van der Waals surface area (Å²) in [6, 6.07) is 12.4. The molecule has 5 N–H and O–H groups in total. The molecule has 0 aliphatic carbocycles. The average Bonchev–Trinajstić information content (AvgIpc) is 2.71. The van der Waals surface area contributed by atoms with Crippen LogP contribution in [-0.2, 0) is 32.1 Å². The number of carboxylic acid groups (broad SMARTS) is 2. The number of aromatic carboxylic acids is 1. The second kappa shape index (κ2) is 10.7. The molecule has 158 valence electrons. The zero-order valence-electron chi connectivity index (χ0n) is 16.0. The van der Waals surface area contributed by atoms with Crippen LogP contribution < -0.4 is 11.1 Å². The Balaban J connectivity index is 2.09. The zero-order chi connectivity index (χ0) is 22.1. The van der Waals surface area contributed by atoms with E-state index in [2.05, 4.69) is 5.32 Å². The Hall–Kier alpha value is -3.72. The van der Waals surface area contributed by atoms with Crippen molar-refractivity contribution in [2.24, 2.45) is 5.73 Å². The summed E-state index contributed by atoms with van der Waals surface area (Å²) in [4.78, 5) is 46.6. The molecule has 0 saturated heterocycles. The molecule has 2 atom stereocenters. The van der Waals surface area contributed by atoms with Gasteiger partial charge in [0.05, 0.1) is 18.0 Å². The number of hydrogen-bond donors (Lipinski definition) is 4. The monoisotopic (exact) mass is 414 g/mol. The lowest BCUT2D eigenvalue weighted by molar-refractivity contribution is -0.149. The summed E-state index contributed by atoms with van der Waals surface area (Å²) in [6.45, 7) is -0.192. The second-order valence-corrected chi connectivity index (χ2v) is 6.57. The van der Waals surface area contributed by atoms with Crippen molar-refractivity contribution in [1.82, 2.24) is 5.32 Å². The molecule has 0 saturated carbocycles. The van der Waals surface area contributed by atoms with Gasteiger partial charge in [-0.05, 0) is 23.3 Å². The Morgan fingerprint density at radius 2 is 1.63 bits per heavy atom. The lowest BCUT2D eigenvalue weighted by atomic mass is 10.1. The summed E-state index contributed by atoms with van der Waals surface area (Å²) >= 11 is 0. The molecule has 30 heavy (non-hydrogen) atoms. The smallest absolute Gasteiger partial charge is 0.335 e. The van der Waals surface area contributed by atoms with Crippen molar-refractivity contribution < 1.29 is 34.1 Å². The van der Waals surface area contributed by atoms with Crippen molar-refractivity contribution in [3.63, 3.8) is 0 Å². The van der Waals surface area contributed by atoms with Crippen LogP contribution in [0.3, 0.4) is 0 Å². The van der Waals surface area contributed by atoms with Gasteiger partial charge in [0.15, 0.2) is 0 Å². The predicted molar refractivity (Wildman–Crippen MR) is 106 cm³/mol. The van der Waals surface area contributed by atoms with Gasteiger partial charge in [0.25, 0.3) is 0 Å². The summed E-state index contributed by atoms with van der Waals surface area (Å²) in [5.74, 6) is -3.89. The van der Waals surface area contributed by atoms with E-state index in [0.29, 0.717) is 5.56 Å². The van der Waals surface area contributed by atoms with Crippen LogP contribution in [0.4, 0.5) is 0 Å². The number of carbonyl (C=O) groups excluding carboxylic acids is 2. The average molecular weight is 414 g/mol. The summed E-state index contributed by atoms with van der Waals surface area (Å²) < 4.78 is 5.26. The van der Waals surface area contributed by atoms with Crippen molar-refractivity contribution in [3.8, 4) is 0 Å². The second-order valence-electron chi connectivity index (χ2n) is 6.57. The van der Waals surface area contributed by atoms with Gasteiger partial charge in [-0.2, -0.15) is 0 Å². The first kappa shape index (κ1) is 22.6. The van der Waals surface area contributed by atoms with Gasteiger partial charge in [0, 0.05) is 6.42 Å². The van der Waals surface area contributed by atoms with E-state index in [1.807, 2.05) is 0 Å². The van der Waals surface area contributed by atoms with Crippen LogP contribution in [0.5, 0.6) is 0 Å². The van der Waals surface area contributed by atoms with Crippen LogP contribution in [0.1, 0.15) is 27.9 Å². The van der Waals surface area contributed by atoms with Gasteiger partial charge in [-0.3, -0.25) is 9.59 Å². The Labute approximate surface area is 172 Å². The van der Waals surface area contributed by atoms with E-state index in [9.17, 15) is 19.2 Å². The number of nitrogens with one attached hydrogen (secondary N) is 1. The Kier molecular flexibility index (Phi) is 8.07. The molecule has 2 aromatic rings. The number of hydrogen-bond acceptors (Lipinski definition) is 6. The molecule has 0 aromatic heterocycles. The first-order valence-electron chi connectivity index (χ1n) is 9.07. The molecular formula is C21H22N2O7. The quantitative estimate of drug-likeness (QED) is 0.419. The molecule has 2 unspecified atom stereocenters. The standard InChI is InChI=1S/C21H22N2O7/c22-16(11-18(24)25)19(26)23-17(10-13-5-2-1-3-6-13)21(29)30-12-14-7-4-8-15(9-14)20(27)28/h1-9,16-17H,10-12,22H2,(H,23,26)(H,24,25)(H,27,28). The maximum Gasteiger partial charge on any atom is 0.335 e. The van der Waals surface area contributed by atoms with Gasteiger partial charge >= 0.3 is 17.9 Å². The van der Waals surface area contributed by atoms with Gasteiger partial charge in [-0.25, -0.2) is 9.59 Å². The van der Waals surface area contributed by atoms with Gasteiger partial charge in [-0.1, -0.05) is 42.5 Å². The number of ether oxygens (including phenoxy) is 1. The Bertz CT molecular complexity index is 915. The molecule has 0 aliphatic heterocycles. The third kappa shape index (κ3) is 7.02. The summed E-state index contributed by atoms with van der Waals surface area (Å²) in [7, 11) is 0. The lowest BCUT2D eigenvalue weighted by Gasteiger charge is -2.20. The molecule has 2 aromatic carbocycles. The van der Waals surface area contributed by atoms with Gasteiger partial charge in [-0.15, -0.1) is 0 Å². The number of carboxylic acids is 2. The molecule has 0 aliphatic rings. The highest BCUT2D eigenvalue weighted by Crippen LogP contribution is 2.10. The molecule has 1 amide bonds. The summed E-state index contributed by atoms with van der Waals surface area (Å²) in [5.41, 5.74) is 6.84. The number of carbonyl (C=O) groups is 4. The molecular weight excluding hydrogens is 392 g/mol. The summed E-state index contributed by atoms with van der Waals surface area (Å²) in [5, 5.41) is 20.3. The van der Waals surface area contributed by atoms with Crippen molar-refractivity contribution >= 4 is 23.8 Å². The number of nitrogens with two attached hydrogens (primary N) is 1. The fourth-order valence-electron chi connectivity index (χ4n) is 2.65. The SMILES string of the molecule is NC(CC(=O)O)C(=O)NC(Cc1ccccc1)C(=O)OCc1cccc(C(=O)O)c1. The van der Waals surface area contributed by atoms with Crippen LogP contribution in [0.2, 0.25) is 0 Å². The fraction of sp³-hybridized carbons (Fsp3) is 0.238. The van der Waals surface area contributed by atoms with E-state index < -0.39 is 42.3 Å². The van der Waals surface area contributed by atoms with Crippen molar-refractivity contribution in [1.29, 1.82) is 0 Å². The van der Waals surface area contributed by atoms with Crippen molar-refractivity contribution in [3.05, 3.63) is 71.3 Å².